The molecule has 1 atom stereocenters. The Bertz CT molecular complexity index is 1630. The number of carbonyl (C=O) groups excluding carboxylic acids is 3. The topological polar surface area (TPSA) is 78.9 Å². The molecule has 430 valence electrons. The molecule has 0 aromatic heterocycles. The van der Waals surface area contributed by atoms with E-state index in [1.807, 2.05) is 0 Å². The molecule has 0 radical (unpaired) electrons. The molecule has 6 heteroatoms. The van der Waals surface area contributed by atoms with Crippen LogP contribution in [0.4, 0.5) is 0 Å². The van der Waals surface area contributed by atoms with Crippen LogP contribution in [0.1, 0.15) is 271 Å². The number of hydrogen-bond acceptors (Lipinski definition) is 6. The van der Waals surface area contributed by atoms with Gasteiger partial charge < -0.3 is 14.2 Å². The van der Waals surface area contributed by atoms with E-state index in [1.165, 1.54) is 109 Å². The molecular weight excluding hydrogens is 937 g/mol. The Balaban J connectivity index is 4.44. The number of esters is 3. The van der Waals surface area contributed by atoms with Gasteiger partial charge in [-0.25, -0.2) is 0 Å². The van der Waals surface area contributed by atoms with Gasteiger partial charge in [-0.15, -0.1) is 0 Å². The van der Waals surface area contributed by atoms with E-state index in [1.54, 1.807) is 0 Å². The van der Waals surface area contributed by atoms with Crippen LogP contribution in [0, 0.1) is 0 Å². The van der Waals surface area contributed by atoms with Crippen molar-refractivity contribution < 1.29 is 28.6 Å². The minimum atomic E-state index is -0.808. The zero-order valence-corrected chi connectivity index (χ0v) is 49.2. The van der Waals surface area contributed by atoms with Crippen molar-refractivity contribution in [1.29, 1.82) is 0 Å². The number of unbranched alkanes of at least 4 members (excludes halogenated alkanes) is 22. The fraction of sp³-hybridized carbons (Fsp3) is 0.643. The van der Waals surface area contributed by atoms with Crippen molar-refractivity contribution in [2.24, 2.45) is 0 Å². The van der Waals surface area contributed by atoms with Crippen LogP contribution < -0.4 is 0 Å². The lowest BCUT2D eigenvalue weighted by Gasteiger charge is -2.18. The van der Waals surface area contributed by atoms with Gasteiger partial charge in [0, 0.05) is 19.3 Å². The smallest absolute Gasteiger partial charge is 0.306 e. The van der Waals surface area contributed by atoms with Crippen molar-refractivity contribution in [3.05, 3.63) is 134 Å². The van der Waals surface area contributed by atoms with Crippen LogP contribution in [0.5, 0.6) is 0 Å². The van der Waals surface area contributed by atoms with E-state index in [0.717, 1.165) is 116 Å². The van der Waals surface area contributed by atoms with Crippen molar-refractivity contribution in [2.75, 3.05) is 13.2 Å². The number of carbonyl (C=O) groups is 3. The van der Waals surface area contributed by atoms with Crippen molar-refractivity contribution in [3.63, 3.8) is 0 Å². The van der Waals surface area contributed by atoms with E-state index < -0.39 is 6.10 Å². The second-order valence-corrected chi connectivity index (χ2v) is 20.2. The van der Waals surface area contributed by atoms with Gasteiger partial charge in [-0.1, -0.05) is 276 Å². The minimum absolute atomic E-state index is 0.0993. The van der Waals surface area contributed by atoms with Gasteiger partial charge >= 0.3 is 17.9 Å². The molecule has 0 aliphatic carbocycles. The molecule has 0 fully saturated rings. The van der Waals surface area contributed by atoms with Crippen LogP contribution in [-0.4, -0.2) is 37.2 Å². The van der Waals surface area contributed by atoms with E-state index in [2.05, 4.69) is 154 Å². The summed E-state index contributed by atoms with van der Waals surface area (Å²) in [5.74, 6) is -0.964. The zero-order chi connectivity index (χ0) is 55.0. The second-order valence-electron chi connectivity index (χ2n) is 20.2. The summed E-state index contributed by atoms with van der Waals surface area (Å²) in [6.07, 6.45) is 88.8. The molecule has 0 aliphatic rings. The Kier molecular flexibility index (Phi) is 59.4. The van der Waals surface area contributed by atoms with Gasteiger partial charge in [0.05, 0.1) is 0 Å². The molecule has 0 N–H and O–H groups in total. The Morgan fingerprint density at radius 2 is 0.526 bits per heavy atom. The quantitative estimate of drug-likeness (QED) is 0.0261. The first-order chi connectivity index (χ1) is 37.5. The third kappa shape index (κ3) is 60.4. The Labute approximate surface area is 468 Å². The average Bonchev–Trinajstić information content (AvgIpc) is 3.42. The lowest BCUT2D eigenvalue weighted by atomic mass is 10.0. The highest BCUT2D eigenvalue weighted by molar-refractivity contribution is 5.71. The number of allylic oxidation sites excluding steroid dienone is 22. The fourth-order valence-corrected chi connectivity index (χ4v) is 8.31. The van der Waals surface area contributed by atoms with Crippen molar-refractivity contribution in [2.45, 2.75) is 277 Å². The molecule has 0 heterocycles. The predicted molar refractivity (Wildman–Crippen MR) is 329 cm³/mol. The van der Waals surface area contributed by atoms with Crippen molar-refractivity contribution in [1.82, 2.24) is 0 Å². The summed E-state index contributed by atoms with van der Waals surface area (Å²) in [6.45, 7) is 6.37. The normalized spacial score (nSPS) is 13.0. The molecule has 6 nitrogen and oxygen atoms in total. The Morgan fingerprint density at radius 1 is 0.276 bits per heavy atom. The number of hydrogen-bond donors (Lipinski definition) is 0. The van der Waals surface area contributed by atoms with E-state index >= 15 is 0 Å². The maximum atomic E-state index is 12.9. The van der Waals surface area contributed by atoms with Crippen molar-refractivity contribution in [3.8, 4) is 0 Å². The molecular formula is C70H114O6. The molecule has 0 aromatic carbocycles. The average molecular weight is 1050 g/mol. The van der Waals surface area contributed by atoms with Crippen LogP contribution in [0.25, 0.3) is 0 Å². The summed E-state index contributed by atoms with van der Waals surface area (Å²) in [5.41, 5.74) is 0. The molecule has 0 spiro atoms. The largest absolute Gasteiger partial charge is 0.462 e. The van der Waals surface area contributed by atoms with Crippen LogP contribution >= 0.6 is 0 Å². The monoisotopic (exact) mass is 1050 g/mol. The summed E-state index contributed by atoms with van der Waals surface area (Å²) in [4.78, 5) is 38.2. The van der Waals surface area contributed by atoms with Gasteiger partial charge in [-0.3, -0.25) is 14.4 Å². The first-order valence-corrected chi connectivity index (χ1v) is 31.2. The van der Waals surface area contributed by atoms with E-state index in [4.69, 9.17) is 14.2 Å². The van der Waals surface area contributed by atoms with Gasteiger partial charge in [-0.05, 0) is 109 Å². The maximum Gasteiger partial charge on any atom is 0.306 e. The predicted octanol–water partition coefficient (Wildman–Crippen LogP) is 21.4. The number of rotatable bonds is 55. The standard InChI is InChI=1S/C70H114O6/c1-4-7-10-13-16-19-22-25-27-29-31-33-35-37-39-41-43-45-48-51-54-57-60-63-69(72)75-66-67(65-74-68(71)62-59-56-53-50-47-24-21-18-15-12-9-6-3)76-70(73)64-61-58-55-52-49-46-44-42-40-38-36-34-32-30-28-26-23-20-17-14-11-8-5-2/h7-8,10-11,16-17,19-20,25-28,31-34,37,39,43,45,51,54,67H,4-6,9,12-15,18,21-24,29-30,35-36,38,40-42,44,46-50,52-53,55-66H2,1-3H3/b10-7-,11-8-,19-16-,20-17-,27-25-,28-26-,33-31-,34-32-,39-37-,45-43-,54-51-. The second kappa shape index (κ2) is 63.1. The molecule has 0 aromatic rings. The molecule has 0 rings (SSSR count). The van der Waals surface area contributed by atoms with Gasteiger partial charge in [0.25, 0.3) is 0 Å². The minimum Gasteiger partial charge on any atom is -0.462 e. The fourth-order valence-electron chi connectivity index (χ4n) is 8.31. The highest BCUT2D eigenvalue weighted by Crippen LogP contribution is 2.15. The zero-order valence-electron chi connectivity index (χ0n) is 49.2. The molecule has 0 saturated heterocycles. The highest BCUT2D eigenvalue weighted by Gasteiger charge is 2.19. The van der Waals surface area contributed by atoms with E-state index in [0.29, 0.717) is 19.3 Å². The van der Waals surface area contributed by atoms with Gasteiger partial charge in [0.2, 0.25) is 0 Å². The SMILES string of the molecule is CC/C=C\C/C=C\C/C=C\C/C=C\C/C=C\C/C=C\C/C=C\CCCC(=O)OCC(COC(=O)CCCCCCCCCCCCCC)OC(=O)CCCCCCCCCCCC/C=C\C/C=C\C/C=C\C/C=C\CC. The molecule has 0 aliphatic heterocycles. The van der Waals surface area contributed by atoms with Crippen LogP contribution in [0.2, 0.25) is 0 Å². The lowest BCUT2D eigenvalue weighted by molar-refractivity contribution is -0.167. The molecule has 1 unspecified atom stereocenters. The number of ether oxygens (including phenoxy) is 3. The molecule has 76 heavy (non-hydrogen) atoms. The third-order valence-electron chi connectivity index (χ3n) is 12.9. The summed E-state index contributed by atoms with van der Waals surface area (Å²) in [6, 6.07) is 0. The van der Waals surface area contributed by atoms with Gasteiger partial charge in [-0.2, -0.15) is 0 Å². The van der Waals surface area contributed by atoms with Gasteiger partial charge in [0.1, 0.15) is 13.2 Å². The molecule has 0 saturated carbocycles. The van der Waals surface area contributed by atoms with E-state index in [-0.39, 0.29) is 37.5 Å². The van der Waals surface area contributed by atoms with Gasteiger partial charge in [0.15, 0.2) is 6.10 Å². The maximum absolute atomic E-state index is 12.9. The Morgan fingerprint density at radius 3 is 0.855 bits per heavy atom. The molecule has 0 bridgehead atoms. The Hall–Kier alpha value is -4.45. The highest BCUT2D eigenvalue weighted by atomic mass is 16.6. The summed E-state index contributed by atoms with van der Waals surface area (Å²) >= 11 is 0. The summed E-state index contributed by atoms with van der Waals surface area (Å²) in [5, 5.41) is 0. The summed E-state index contributed by atoms with van der Waals surface area (Å²) < 4.78 is 16.9. The first kappa shape index (κ1) is 71.5. The van der Waals surface area contributed by atoms with E-state index in [9.17, 15) is 14.4 Å². The lowest BCUT2D eigenvalue weighted by Crippen LogP contribution is -2.30. The first-order valence-electron chi connectivity index (χ1n) is 31.2. The third-order valence-corrected chi connectivity index (χ3v) is 12.9. The van der Waals surface area contributed by atoms with Crippen LogP contribution in [0.15, 0.2) is 134 Å². The van der Waals surface area contributed by atoms with Crippen molar-refractivity contribution >= 4 is 17.9 Å². The summed E-state index contributed by atoms with van der Waals surface area (Å²) in [7, 11) is 0. The molecule has 0 amide bonds. The van der Waals surface area contributed by atoms with Crippen LogP contribution in [0.3, 0.4) is 0 Å². The van der Waals surface area contributed by atoms with Crippen LogP contribution in [-0.2, 0) is 28.6 Å².